The molecular weight excluding hydrogens is 392 g/mol. The highest BCUT2D eigenvalue weighted by Gasteiger charge is 2.52. The number of nitrogens with one attached hydrogen (secondary N) is 2. The molecule has 4 rings (SSSR count). The number of aromatic nitrogens is 4. The van der Waals surface area contributed by atoms with Gasteiger partial charge in [-0.3, -0.25) is 9.38 Å². The molecule has 3 aromatic heterocycles. The first-order valence-corrected chi connectivity index (χ1v) is 8.88. The standard InChI is InChI=1S/C18H18F4N6O/c1-17(29,18(20,21)22)14-9-28-13(7-25-16(28)8-24-14)11-3-2-4-15(26-11)27-12-6-23-5-10(12)19/h2-4,7-10,12,23,29H,5-6H2,1H3,(H,26,27)/t10-,12-,17?/m0/s1. The van der Waals surface area contributed by atoms with Crippen LogP contribution < -0.4 is 10.6 Å². The largest absolute Gasteiger partial charge is 0.422 e. The predicted molar refractivity (Wildman–Crippen MR) is 97.0 cm³/mol. The summed E-state index contributed by atoms with van der Waals surface area (Å²) < 4.78 is 54.7. The van der Waals surface area contributed by atoms with E-state index in [-0.39, 0.29) is 6.54 Å². The van der Waals surface area contributed by atoms with E-state index >= 15 is 0 Å². The lowest BCUT2D eigenvalue weighted by molar-refractivity contribution is -0.260. The van der Waals surface area contributed by atoms with Gasteiger partial charge in [0, 0.05) is 19.3 Å². The van der Waals surface area contributed by atoms with Gasteiger partial charge in [-0.25, -0.2) is 14.4 Å². The molecule has 3 aromatic rings. The number of rotatable bonds is 4. The predicted octanol–water partition coefficient (Wildman–Crippen LogP) is 2.28. The van der Waals surface area contributed by atoms with Crippen LogP contribution in [0.25, 0.3) is 17.0 Å². The molecule has 4 heterocycles. The molecule has 1 saturated heterocycles. The van der Waals surface area contributed by atoms with Gasteiger partial charge < -0.3 is 15.7 Å². The van der Waals surface area contributed by atoms with Gasteiger partial charge in [-0.2, -0.15) is 13.2 Å². The van der Waals surface area contributed by atoms with Gasteiger partial charge in [-0.15, -0.1) is 0 Å². The molecule has 1 unspecified atom stereocenters. The Balaban J connectivity index is 1.71. The number of hydrogen-bond donors (Lipinski definition) is 3. The first-order chi connectivity index (χ1) is 13.7. The minimum absolute atomic E-state index is 0.263. The van der Waals surface area contributed by atoms with E-state index in [0.717, 1.165) is 12.4 Å². The Morgan fingerprint density at radius 3 is 2.69 bits per heavy atom. The van der Waals surface area contributed by atoms with Crippen LogP contribution in [-0.2, 0) is 5.60 Å². The lowest BCUT2D eigenvalue weighted by Crippen LogP contribution is -2.40. The second-order valence-electron chi connectivity index (χ2n) is 7.05. The number of halogens is 4. The molecule has 0 radical (unpaired) electrons. The van der Waals surface area contributed by atoms with Crippen molar-refractivity contribution in [2.75, 3.05) is 18.4 Å². The van der Waals surface area contributed by atoms with Crippen LogP contribution in [0.1, 0.15) is 12.6 Å². The lowest BCUT2D eigenvalue weighted by atomic mass is 10.0. The fourth-order valence-electron chi connectivity index (χ4n) is 3.11. The first-order valence-electron chi connectivity index (χ1n) is 8.88. The molecule has 7 nitrogen and oxygen atoms in total. The van der Waals surface area contributed by atoms with Crippen LogP contribution in [0.2, 0.25) is 0 Å². The monoisotopic (exact) mass is 410 g/mol. The lowest BCUT2D eigenvalue weighted by Gasteiger charge is -2.25. The van der Waals surface area contributed by atoms with Gasteiger partial charge >= 0.3 is 6.18 Å². The number of nitrogens with zero attached hydrogens (tertiary/aromatic N) is 4. The molecule has 0 saturated carbocycles. The summed E-state index contributed by atoms with van der Waals surface area (Å²) in [5.74, 6) is 0.436. The third-order valence-corrected chi connectivity index (χ3v) is 4.93. The topological polar surface area (TPSA) is 87.4 Å². The fourth-order valence-corrected chi connectivity index (χ4v) is 3.11. The van der Waals surface area contributed by atoms with E-state index in [1.807, 2.05) is 0 Å². The molecule has 0 spiro atoms. The molecule has 0 aromatic carbocycles. The molecular formula is C18H18F4N6O. The Hall–Kier alpha value is -2.79. The number of pyridine rings is 1. The molecule has 1 fully saturated rings. The number of anilines is 1. The Kier molecular flexibility index (Phi) is 4.66. The quantitative estimate of drug-likeness (QED) is 0.572. The average Bonchev–Trinajstić information content (AvgIpc) is 3.27. The molecule has 154 valence electrons. The summed E-state index contributed by atoms with van der Waals surface area (Å²) >= 11 is 0. The summed E-state index contributed by atoms with van der Waals surface area (Å²) in [5.41, 5.74) is -2.56. The van der Waals surface area contributed by atoms with Gasteiger partial charge in [0.05, 0.1) is 35.5 Å². The van der Waals surface area contributed by atoms with E-state index in [9.17, 15) is 22.7 Å². The van der Waals surface area contributed by atoms with Crippen molar-refractivity contribution in [3.63, 3.8) is 0 Å². The van der Waals surface area contributed by atoms with Crippen molar-refractivity contribution in [2.45, 2.75) is 30.9 Å². The molecule has 1 aliphatic rings. The third-order valence-electron chi connectivity index (χ3n) is 4.93. The second-order valence-corrected chi connectivity index (χ2v) is 7.05. The summed E-state index contributed by atoms with van der Waals surface area (Å²) in [5, 5.41) is 15.9. The smallest absolute Gasteiger partial charge is 0.375 e. The summed E-state index contributed by atoms with van der Waals surface area (Å²) in [6.07, 6.45) is -2.25. The maximum atomic E-state index is 13.8. The third kappa shape index (κ3) is 3.51. The van der Waals surface area contributed by atoms with E-state index < -0.39 is 29.7 Å². The van der Waals surface area contributed by atoms with Crippen molar-refractivity contribution in [3.8, 4) is 11.4 Å². The molecule has 0 amide bonds. The van der Waals surface area contributed by atoms with Crippen molar-refractivity contribution < 1.29 is 22.7 Å². The zero-order valence-corrected chi connectivity index (χ0v) is 15.3. The fraction of sp³-hybridized carbons (Fsp3) is 0.389. The van der Waals surface area contributed by atoms with Crippen molar-refractivity contribution in [1.82, 2.24) is 24.7 Å². The van der Waals surface area contributed by atoms with Crippen molar-refractivity contribution in [2.24, 2.45) is 0 Å². The normalized spacial score (nSPS) is 22.0. The van der Waals surface area contributed by atoms with Crippen LogP contribution in [0.3, 0.4) is 0 Å². The van der Waals surface area contributed by atoms with Crippen molar-refractivity contribution >= 4 is 11.5 Å². The average molecular weight is 410 g/mol. The Bertz CT molecular complexity index is 1030. The molecule has 0 aliphatic carbocycles. The number of hydrogen-bond acceptors (Lipinski definition) is 6. The summed E-state index contributed by atoms with van der Waals surface area (Å²) in [4.78, 5) is 12.3. The SMILES string of the molecule is CC(O)(c1cn2c(-c3cccc(N[C@H]4CNC[C@@H]4F)n3)cnc2cn1)C(F)(F)F. The highest BCUT2D eigenvalue weighted by Crippen LogP contribution is 2.37. The summed E-state index contributed by atoms with van der Waals surface area (Å²) in [7, 11) is 0. The van der Waals surface area contributed by atoms with Gasteiger partial charge in [0.2, 0.25) is 5.60 Å². The Morgan fingerprint density at radius 2 is 2.00 bits per heavy atom. The van der Waals surface area contributed by atoms with E-state index in [1.165, 1.54) is 10.6 Å². The van der Waals surface area contributed by atoms with Crippen molar-refractivity contribution in [3.05, 3.63) is 42.5 Å². The Labute approximate surface area is 162 Å². The van der Waals surface area contributed by atoms with E-state index in [0.29, 0.717) is 36.3 Å². The zero-order valence-electron chi connectivity index (χ0n) is 15.3. The highest BCUT2D eigenvalue weighted by atomic mass is 19.4. The number of aliphatic hydroxyl groups is 1. The Morgan fingerprint density at radius 1 is 1.21 bits per heavy atom. The minimum Gasteiger partial charge on any atom is -0.375 e. The molecule has 29 heavy (non-hydrogen) atoms. The van der Waals surface area contributed by atoms with Gasteiger partial charge in [-0.05, 0) is 19.1 Å². The number of alkyl halides is 4. The van der Waals surface area contributed by atoms with Crippen LogP contribution in [-0.4, -0.2) is 55.9 Å². The second kappa shape index (κ2) is 6.92. The first kappa shape index (κ1) is 19.5. The van der Waals surface area contributed by atoms with Crippen LogP contribution in [0.15, 0.2) is 36.8 Å². The van der Waals surface area contributed by atoms with E-state index in [4.69, 9.17) is 0 Å². The van der Waals surface area contributed by atoms with Crippen molar-refractivity contribution in [1.29, 1.82) is 0 Å². The number of imidazole rings is 1. The maximum Gasteiger partial charge on any atom is 0.422 e. The van der Waals surface area contributed by atoms with Gasteiger partial charge in [0.15, 0.2) is 5.65 Å². The molecule has 0 bridgehead atoms. The van der Waals surface area contributed by atoms with Gasteiger partial charge in [0.1, 0.15) is 12.0 Å². The van der Waals surface area contributed by atoms with E-state index in [2.05, 4.69) is 25.6 Å². The van der Waals surface area contributed by atoms with Gasteiger partial charge in [0.25, 0.3) is 0 Å². The van der Waals surface area contributed by atoms with Crippen LogP contribution in [0, 0.1) is 0 Å². The number of fused-ring (bicyclic) bond motifs is 1. The van der Waals surface area contributed by atoms with Crippen LogP contribution in [0.5, 0.6) is 0 Å². The summed E-state index contributed by atoms with van der Waals surface area (Å²) in [6.45, 7) is 1.37. The molecule has 11 heteroatoms. The minimum atomic E-state index is -4.89. The molecule has 1 aliphatic heterocycles. The highest BCUT2D eigenvalue weighted by molar-refractivity contribution is 5.61. The van der Waals surface area contributed by atoms with E-state index in [1.54, 1.807) is 18.2 Å². The zero-order chi connectivity index (χ0) is 20.8. The van der Waals surface area contributed by atoms with Gasteiger partial charge in [-0.1, -0.05) is 6.07 Å². The summed E-state index contributed by atoms with van der Waals surface area (Å²) in [6, 6.07) is 4.63. The molecule has 3 N–H and O–H groups in total. The van der Waals surface area contributed by atoms with Crippen LogP contribution in [0.4, 0.5) is 23.4 Å². The van der Waals surface area contributed by atoms with Crippen LogP contribution >= 0.6 is 0 Å². The maximum absolute atomic E-state index is 13.8. The molecule has 3 atom stereocenters.